The zero-order valence-electron chi connectivity index (χ0n) is 9.31. The van der Waals surface area contributed by atoms with Crippen LogP contribution in [0.25, 0.3) is 0 Å². The van der Waals surface area contributed by atoms with Crippen molar-refractivity contribution in [3.63, 3.8) is 0 Å². The van der Waals surface area contributed by atoms with Crippen molar-refractivity contribution in [1.29, 1.82) is 0 Å². The van der Waals surface area contributed by atoms with Gasteiger partial charge in [0.05, 0.1) is 0 Å². The van der Waals surface area contributed by atoms with Crippen LogP contribution in [0.4, 0.5) is 0 Å². The van der Waals surface area contributed by atoms with Gasteiger partial charge in [0, 0.05) is 19.8 Å². The third kappa shape index (κ3) is 2.96. The second-order valence-electron chi connectivity index (χ2n) is 4.30. The average molecular weight is 185 g/mol. The zero-order valence-corrected chi connectivity index (χ0v) is 9.31. The molecule has 1 saturated heterocycles. The van der Waals surface area contributed by atoms with Crippen LogP contribution in [0.15, 0.2) is 0 Å². The summed E-state index contributed by atoms with van der Waals surface area (Å²) in [7, 11) is 2.22. The highest BCUT2D eigenvalue weighted by Crippen LogP contribution is 2.34. The second kappa shape index (κ2) is 4.97. The summed E-state index contributed by atoms with van der Waals surface area (Å²) in [6.45, 7) is 8.86. The van der Waals surface area contributed by atoms with Gasteiger partial charge < -0.3 is 9.64 Å². The summed E-state index contributed by atoms with van der Waals surface area (Å²) in [5.41, 5.74) is 0.545. The number of rotatable bonds is 4. The van der Waals surface area contributed by atoms with Gasteiger partial charge >= 0.3 is 0 Å². The molecule has 0 aliphatic carbocycles. The maximum atomic E-state index is 5.42. The predicted octanol–water partition coefficient (Wildman–Crippen LogP) is 2.14. The average Bonchev–Trinajstić information content (AvgIpc) is 2.19. The van der Waals surface area contributed by atoms with Crippen molar-refractivity contribution in [1.82, 2.24) is 4.90 Å². The van der Waals surface area contributed by atoms with Gasteiger partial charge in [0.2, 0.25) is 0 Å². The van der Waals surface area contributed by atoms with Gasteiger partial charge in [-0.1, -0.05) is 13.8 Å². The molecule has 0 aromatic carbocycles. The first-order valence-corrected chi connectivity index (χ1v) is 5.49. The molecule has 0 spiro atoms. The molecule has 0 N–H and O–H groups in total. The monoisotopic (exact) mass is 185 g/mol. The van der Waals surface area contributed by atoms with E-state index < -0.39 is 0 Å². The molecule has 1 aliphatic rings. The van der Waals surface area contributed by atoms with Crippen molar-refractivity contribution in [3.05, 3.63) is 0 Å². The van der Waals surface area contributed by atoms with Gasteiger partial charge in [-0.25, -0.2) is 0 Å². The fraction of sp³-hybridized carbons (Fsp3) is 1.00. The van der Waals surface area contributed by atoms with E-state index in [2.05, 4.69) is 25.8 Å². The van der Waals surface area contributed by atoms with Crippen molar-refractivity contribution in [2.24, 2.45) is 5.41 Å². The van der Waals surface area contributed by atoms with Crippen LogP contribution in [-0.4, -0.2) is 38.3 Å². The molecule has 1 heterocycles. The summed E-state index contributed by atoms with van der Waals surface area (Å²) in [6.07, 6.45) is 3.78. The summed E-state index contributed by atoms with van der Waals surface area (Å²) >= 11 is 0. The molecule has 0 unspecified atom stereocenters. The molecule has 0 amide bonds. The van der Waals surface area contributed by atoms with E-state index in [0.29, 0.717) is 5.41 Å². The molecule has 13 heavy (non-hydrogen) atoms. The Morgan fingerprint density at radius 1 is 1.23 bits per heavy atom. The Bertz CT molecular complexity index is 141. The lowest BCUT2D eigenvalue weighted by molar-refractivity contribution is -0.00241. The van der Waals surface area contributed by atoms with Crippen LogP contribution >= 0.6 is 0 Å². The summed E-state index contributed by atoms with van der Waals surface area (Å²) in [4.78, 5) is 2.43. The van der Waals surface area contributed by atoms with Crippen LogP contribution in [0, 0.1) is 5.41 Å². The first kappa shape index (κ1) is 11.0. The van der Waals surface area contributed by atoms with Gasteiger partial charge in [-0.2, -0.15) is 0 Å². The molecule has 1 rings (SSSR count). The molecule has 0 aromatic rings. The van der Waals surface area contributed by atoms with Crippen molar-refractivity contribution in [2.45, 2.75) is 33.1 Å². The Labute approximate surface area is 82.3 Å². The summed E-state index contributed by atoms with van der Waals surface area (Å²) in [5.74, 6) is 0. The molecule has 2 heteroatoms. The number of hydrogen-bond acceptors (Lipinski definition) is 2. The maximum Gasteiger partial charge on any atom is 0.0471 e. The van der Waals surface area contributed by atoms with Crippen molar-refractivity contribution in [3.8, 4) is 0 Å². The van der Waals surface area contributed by atoms with E-state index in [9.17, 15) is 0 Å². The Balaban J connectivity index is 2.47. The Morgan fingerprint density at radius 3 is 2.31 bits per heavy atom. The Hall–Kier alpha value is -0.0800. The molecule has 0 bridgehead atoms. The topological polar surface area (TPSA) is 12.5 Å². The lowest BCUT2D eigenvalue weighted by Crippen LogP contribution is -2.39. The first-order chi connectivity index (χ1) is 6.22. The molecular formula is C11H23NO. The van der Waals surface area contributed by atoms with Gasteiger partial charge in [0.1, 0.15) is 0 Å². The maximum absolute atomic E-state index is 5.42. The highest BCUT2D eigenvalue weighted by Gasteiger charge is 2.31. The molecule has 78 valence electrons. The van der Waals surface area contributed by atoms with Gasteiger partial charge in [0.25, 0.3) is 0 Å². The normalized spacial score (nSPS) is 22.2. The fourth-order valence-electron chi connectivity index (χ4n) is 2.11. The van der Waals surface area contributed by atoms with E-state index in [1.807, 2.05) is 0 Å². The number of ether oxygens (including phenoxy) is 1. The van der Waals surface area contributed by atoms with Gasteiger partial charge in [-0.15, -0.1) is 0 Å². The van der Waals surface area contributed by atoms with Crippen LogP contribution in [-0.2, 0) is 4.74 Å². The minimum atomic E-state index is 0.545. The van der Waals surface area contributed by atoms with E-state index in [4.69, 9.17) is 4.74 Å². The molecule has 2 nitrogen and oxygen atoms in total. The van der Waals surface area contributed by atoms with Crippen molar-refractivity contribution < 1.29 is 4.74 Å². The van der Waals surface area contributed by atoms with Crippen LogP contribution in [0.1, 0.15) is 33.1 Å². The van der Waals surface area contributed by atoms with Crippen LogP contribution in [0.3, 0.4) is 0 Å². The summed E-state index contributed by atoms with van der Waals surface area (Å²) in [5, 5.41) is 0. The molecule has 0 saturated carbocycles. The minimum absolute atomic E-state index is 0.545. The Kier molecular flexibility index (Phi) is 4.20. The highest BCUT2D eigenvalue weighted by atomic mass is 16.5. The lowest BCUT2D eigenvalue weighted by atomic mass is 9.77. The minimum Gasteiger partial charge on any atom is -0.381 e. The third-order valence-corrected chi connectivity index (χ3v) is 3.45. The second-order valence-corrected chi connectivity index (χ2v) is 4.30. The van der Waals surface area contributed by atoms with E-state index in [1.165, 1.54) is 25.8 Å². The van der Waals surface area contributed by atoms with Crippen LogP contribution in [0.2, 0.25) is 0 Å². The zero-order chi connectivity index (χ0) is 9.73. The van der Waals surface area contributed by atoms with E-state index in [0.717, 1.165) is 19.8 Å². The third-order valence-electron chi connectivity index (χ3n) is 3.45. The highest BCUT2D eigenvalue weighted by molar-refractivity contribution is 4.83. The Morgan fingerprint density at radius 2 is 1.85 bits per heavy atom. The molecular weight excluding hydrogens is 162 g/mol. The van der Waals surface area contributed by atoms with E-state index >= 15 is 0 Å². The summed E-state index contributed by atoms with van der Waals surface area (Å²) in [6, 6.07) is 0. The molecule has 1 aliphatic heterocycles. The van der Waals surface area contributed by atoms with Crippen molar-refractivity contribution >= 4 is 0 Å². The van der Waals surface area contributed by atoms with Gasteiger partial charge in [-0.05, 0) is 38.3 Å². The van der Waals surface area contributed by atoms with Crippen LogP contribution in [0.5, 0.6) is 0 Å². The number of hydrogen-bond donors (Lipinski definition) is 0. The first-order valence-electron chi connectivity index (χ1n) is 5.49. The quantitative estimate of drug-likeness (QED) is 0.665. The van der Waals surface area contributed by atoms with Gasteiger partial charge in [0.15, 0.2) is 0 Å². The van der Waals surface area contributed by atoms with E-state index in [1.54, 1.807) is 0 Å². The van der Waals surface area contributed by atoms with Gasteiger partial charge in [-0.3, -0.25) is 0 Å². The molecule has 1 fully saturated rings. The fourth-order valence-corrected chi connectivity index (χ4v) is 2.11. The molecule has 0 atom stereocenters. The van der Waals surface area contributed by atoms with Crippen LogP contribution < -0.4 is 0 Å². The molecule has 0 aromatic heterocycles. The standard InChI is InChI=1S/C11H23NO/c1-4-11(10-12(3)5-2)6-8-13-9-7-11/h4-10H2,1-3H3. The largest absolute Gasteiger partial charge is 0.381 e. The number of nitrogens with zero attached hydrogens (tertiary/aromatic N) is 1. The van der Waals surface area contributed by atoms with Crippen molar-refractivity contribution in [2.75, 3.05) is 33.4 Å². The smallest absolute Gasteiger partial charge is 0.0471 e. The van der Waals surface area contributed by atoms with E-state index in [-0.39, 0.29) is 0 Å². The SMILES string of the molecule is CCN(C)CC1(CC)CCOCC1. The predicted molar refractivity (Wildman–Crippen MR) is 55.9 cm³/mol. The summed E-state index contributed by atoms with van der Waals surface area (Å²) < 4.78 is 5.42. The lowest BCUT2D eigenvalue weighted by Gasteiger charge is -2.39. The molecule has 0 radical (unpaired) electrons.